The molecule has 0 aliphatic carbocycles. The maximum Gasteiger partial charge on any atom is 0.269 e. The summed E-state index contributed by atoms with van der Waals surface area (Å²) in [7, 11) is 0. The van der Waals surface area contributed by atoms with E-state index in [0.717, 1.165) is 7.14 Å². The molecule has 166 valence electrons. The van der Waals surface area contributed by atoms with Crippen LogP contribution in [0.4, 0.5) is 11.4 Å². The van der Waals surface area contributed by atoms with Crippen molar-refractivity contribution in [1.29, 1.82) is 5.26 Å². The van der Waals surface area contributed by atoms with Gasteiger partial charge in [0.2, 0.25) is 0 Å². The minimum atomic E-state index is -0.546. The molecule has 1 N–H and O–H groups in total. The van der Waals surface area contributed by atoms with Crippen molar-refractivity contribution >= 4 is 80.1 Å². The molecule has 3 rings (SSSR count). The third kappa shape index (κ3) is 6.89. The van der Waals surface area contributed by atoms with Gasteiger partial charge in [-0.15, -0.1) is 0 Å². The monoisotopic (exact) mass is 685 g/mol. The number of carbonyl (C=O) groups excluding carboxylic acids is 1. The number of rotatable bonds is 7. The van der Waals surface area contributed by atoms with Crippen LogP contribution < -0.4 is 10.1 Å². The summed E-state index contributed by atoms with van der Waals surface area (Å²) in [5, 5.41) is 23.6. The van der Waals surface area contributed by atoms with E-state index in [1.807, 2.05) is 6.07 Å². The number of ether oxygens (including phenoxy) is 1. The predicted octanol–water partition coefficient (Wildman–Crippen LogP) is 6.58. The van der Waals surface area contributed by atoms with Gasteiger partial charge >= 0.3 is 0 Å². The number of hydrogen-bond donors (Lipinski definition) is 1. The first-order chi connectivity index (χ1) is 15.8. The van der Waals surface area contributed by atoms with Gasteiger partial charge in [-0.05, 0) is 92.7 Å². The number of non-ortho nitro benzene ring substituents is 1. The zero-order valence-corrected chi connectivity index (χ0v) is 21.8. The van der Waals surface area contributed by atoms with Crippen molar-refractivity contribution in [3.63, 3.8) is 0 Å². The van der Waals surface area contributed by atoms with E-state index in [1.165, 1.54) is 18.2 Å². The van der Waals surface area contributed by atoms with Crippen LogP contribution in [0.1, 0.15) is 11.1 Å². The average Bonchev–Trinajstić information content (AvgIpc) is 2.77. The van der Waals surface area contributed by atoms with E-state index in [0.29, 0.717) is 27.6 Å². The fraction of sp³-hybridized carbons (Fsp3) is 0.0435. The van der Waals surface area contributed by atoms with Crippen molar-refractivity contribution in [2.24, 2.45) is 0 Å². The molecule has 33 heavy (non-hydrogen) atoms. The summed E-state index contributed by atoms with van der Waals surface area (Å²) in [6.45, 7) is 0.161. The number of nitrogens with one attached hydrogen (secondary N) is 1. The Kier molecular flexibility index (Phi) is 8.65. The topological polar surface area (TPSA) is 105 Å². The van der Waals surface area contributed by atoms with Crippen molar-refractivity contribution in [1.82, 2.24) is 0 Å². The Hall–Kier alpha value is -2.69. The molecule has 3 aromatic rings. The number of benzene rings is 3. The maximum atomic E-state index is 12.5. The van der Waals surface area contributed by atoms with Crippen molar-refractivity contribution in [2.45, 2.75) is 6.61 Å². The summed E-state index contributed by atoms with van der Waals surface area (Å²) in [5.74, 6) is 0.0672. The van der Waals surface area contributed by atoms with Crippen molar-refractivity contribution in [3.05, 3.63) is 99.6 Å². The standard InChI is InChI=1S/C23H14ClI2N3O4/c24-17-4-2-5-18(11-17)28-23(30)16(12-27)7-15-9-20(25)22(21(26)10-15)33-13-14-3-1-6-19(8-14)29(31)32/h1-11H,13H2,(H,28,30)/b16-7+. The molecule has 0 radical (unpaired) electrons. The smallest absolute Gasteiger partial charge is 0.269 e. The minimum absolute atomic E-state index is 0.000984. The number of halogens is 3. The summed E-state index contributed by atoms with van der Waals surface area (Å²) in [6, 6.07) is 18.4. The number of anilines is 1. The first-order valence-electron chi connectivity index (χ1n) is 9.30. The highest BCUT2D eigenvalue weighted by Gasteiger charge is 2.14. The highest BCUT2D eigenvalue weighted by atomic mass is 127. The average molecular weight is 686 g/mol. The van der Waals surface area contributed by atoms with Gasteiger partial charge in [-0.25, -0.2) is 0 Å². The van der Waals surface area contributed by atoms with E-state index in [1.54, 1.807) is 48.5 Å². The third-order valence-corrected chi connectivity index (χ3v) is 6.12. The normalized spacial score (nSPS) is 10.9. The second kappa shape index (κ2) is 11.4. The minimum Gasteiger partial charge on any atom is -0.487 e. The highest BCUT2D eigenvalue weighted by Crippen LogP contribution is 2.31. The van der Waals surface area contributed by atoms with Gasteiger partial charge in [0.1, 0.15) is 24.0 Å². The summed E-state index contributed by atoms with van der Waals surface area (Å²) in [6.07, 6.45) is 1.49. The van der Waals surface area contributed by atoms with Crippen LogP contribution in [0.15, 0.2) is 66.2 Å². The second-order valence-corrected chi connectivity index (χ2v) is 9.42. The third-order valence-electron chi connectivity index (χ3n) is 4.28. The lowest BCUT2D eigenvalue weighted by Crippen LogP contribution is -2.13. The van der Waals surface area contributed by atoms with Crippen molar-refractivity contribution in [3.8, 4) is 11.8 Å². The Balaban J connectivity index is 1.77. The van der Waals surface area contributed by atoms with E-state index in [4.69, 9.17) is 16.3 Å². The predicted molar refractivity (Wildman–Crippen MR) is 143 cm³/mol. The van der Waals surface area contributed by atoms with Crippen LogP contribution in [0.25, 0.3) is 6.08 Å². The molecular formula is C23H14ClI2N3O4. The molecule has 0 heterocycles. The number of carbonyl (C=O) groups is 1. The van der Waals surface area contributed by atoms with Gasteiger partial charge in [-0.2, -0.15) is 5.26 Å². The number of amides is 1. The number of nitro groups is 1. The quantitative estimate of drug-likeness (QED) is 0.0995. The lowest BCUT2D eigenvalue weighted by molar-refractivity contribution is -0.384. The van der Waals surface area contributed by atoms with Gasteiger partial charge < -0.3 is 10.1 Å². The number of hydrogen-bond acceptors (Lipinski definition) is 5. The van der Waals surface area contributed by atoms with Gasteiger partial charge in [-0.1, -0.05) is 29.8 Å². The Labute approximate surface area is 221 Å². The van der Waals surface area contributed by atoms with Crippen LogP contribution in [-0.4, -0.2) is 10.8 Å². The van der Waals surface area contributed by atoms with Gasteiger partial charge in [0.15, 0.2) is 0 Å². The van der Waals surface area contributed by atoms with Crippen LogP contribution in [-0.2, 0) is 11.4 Å². The van der Waals surface area contributed by atoms with Gasteiger partial charge in [-0.3, -0.25) is 14.9 Å². The molecule has 0 saturated heterocycles. The van der Waals surface area contributed by atoms with Gasteiger partial charge in [0.05, 0.1) is 12.1 Å². The largest absolute Gasteiger partial charge is 0.487 e. The van der Waals surface area contributed by atoms with E-state index >= 15 is 0 Å². The molecule has 0 aliphatic rings. The molecule has 0 spiro atoms. The van der Waals surface area contributed by atoms with E-state index in [2.05, 4.69) is 50.5 Å². The van der Waals surface area contributed by atoms with Gasteiger partial charge in [0.25, 0.3) is 11.6 Å². The van der Waals surface area contributed by atoms with E-state index in [-0.39, 0.29) is 17.9 Å². The molecule has 7 nitrogen and oxygen atoms in total. The molecule has 0 aromatic heterocycles. The lowest BCUT2D eigenvalue weighted by atomic mass is 10.1. The SMILES string of the molecule is N#C/C(=C\c1cc(I)c(OCc2cccc([N+](=O)[O-])c2)c(I)c1)C(=O)Nc1cccc(Cl)c1. The zero-order chi connectivity index (χ0) is 24.0. The van der Waals surface area contributed by atoms with E-state index < -0.39 is 10.8 Å². The Morgan fingerprint density at radius 1 is 1.15 bits per heavy atom. The Morgan fingerprint density at radius 2 is 1.85 bits per heavy atom. The van der Waals surface area contributed by atoms with Crippen LogP contribution in [0, 0.1) is 28.6 Å². The first kappa shape index (κ1) is 24.9. The zero-order valence-electron chi connectivity index (χ0n) is 16.7. The van der Waals surface area contributed by atoms with Crippen LogP contribution in [0.5, 0.6) is 5.75 Å². The second-order valence-electron chi connectivity index (χ2n) is 6.66. The number of nitro benzene ring substituents is 1. The van der Waals surface area contributed by atoms with E-state index in [9.17, 15) is 20.2 Å². The molecule has 1 amide bonds. The first-order valence-corrected chi connectivity index (χ1v) is 11.8. The van der Waals surface area contributed by atoms with Crippen LogP contribution in [0.3, 0.4) is 0 Å². The summed E-state index contributed by atoms with van der Waals surface area (Å²) < 4.78 is 7.43. The summed E-state index contributed by atoms with van der Waals surface area (Å²) in [4.78, 5) is 23.0. The summed E-state index contributed by atoms with van der Waals surface area (Å²) in [5.41, 5.74) is 1.75. The van der Waals surface area contributed by atoms with Gasteiger partial charge in [0, 0.05) is 22.8 Å². The molecule has 0 saturated carbocycles. The molecule has 10 heteroatoms. The summed E-state index contributed by atoms with van der Waals surface area (Å²) >= 11 is 10.1. The molecule has 0 aliphatic heterocycles. The fourth-order valence-corrected chi connectivity index (χ4v) is 5.11. The molecular weight excluding hydrogens is 672 g/mol. The molecule has 0 fully saturated rings. The highest BCUT2D eigenvalue weighted by molar-refractivity contribution is 14.1. The Morgan fingerprint density at radius 3 is 2.48 bits per heavy atom. The molecule has 0 atom stereocenters. The Bertz CT molecular complexity index is 1280. The number of nitriles is 1. The fourth-order valence-electron chi connectivity index (χ4n) is 2.80. The van der Waals surface area contributed by atoms with Crippen molar-refractivity contribution in [2.75, 3.05) is 5.32 Å². The molecule has 0 unspecified atom stereocenters. The van der Waals surface area contributed by atoms with Crippen LogP contribution >= 0.6 is 56.8 Å². The maximum absolute atomic E-state index is 12.5. The molecule has 0 bridgehead atoms. The number of nitrogens with zero attached hydrogens (tertiary/aromatic N) is 2. The lowest BCUT2D eigenvalue weighted by Gasteiger charge is -2.12. The van der Waals surface area contributed by atoms with Crippen LogP contribution in [0.2, 0.25) is 5.02 Å². The van der Waals surface area contributed by atoms with Crippen molar-refractivity contribution < 1.29 is 14.5 Å². The molecule has 3 aromatic carbocycles.